The predicted octanol–water partition coefficient (Wildman–Crippen LogP) is 2.94. The first-order chi connectivity index (χ1) is 7.27. The summed E-state index contributed by atoms with van der Waals surface area (Å²) >= 11 is 5.88. The molecule has 0 amide bonds. The van der Waals surface area contributed by atoms with Crippen LogP contribution in [0.4, 0.5) is 0 Å². The van der Waals surface area contributed by atoms with Crippen LogP contribution in [0.25, 0.3) is 0 Å². The van der Waals surface area contributed by atoms with Gasteiger partial charge in [-0.2, -0.15) is 0 Å². The first-order valence-electron chi connectivity index (χ1n) is 5.31. The van der Waals surface area contributed by atoms with Crippen LogP contribution in [-0.2, 0) is 10.3 Å². The molecule has 0 bridgehead atoms. The molecule has 0 spiro atoms. The van der Waals surface area contributed by atoms with E-state index in [0.29, 0.717) is 5.15 Å². The number of methoxy groups -OCH3 is 1. The van der Waals surface area contributed by atoms with E-state index in [1.54, 1.807) is 19.4 Å². The zero-order valence-corrected chi connectivity index (χ0v) is 9.63. The van der Waals surface area contributed by atoms with Crippen LogP contribution in [0.2, 0.25) is 5.15 Å². The lowest BCUT2D eigenvalue weighted by atomic mass is 9.84. The van der Waals surface area contributed by atoms with Gasteiger partial charge in [-0.15, -0.1) is 0 Å². The molecule has 1 saturated carbocycles. The summed E-state index contributed by atoms with van der Waals surface area (Å²) in [6.45, 7) is 0. The smallest absolute Gasteiger partial charge is 0.161 e. The van der Waals surface area contributed by atoms with E-state index in [9.17, 15) is 0 Å². The van der Waals surface area contributed by atoms with Crippen molar-refractivity contribution in [2.24, 2.45) is 0 Å². The highest BCUT2D eigenvalue weighted by Gasteiger charge is 2.36. The third-order valence-electron chi connectivity index (χ3n) is 3.08. The number of halogens is 1. The first-order valence-corrected chi connectivity index (χ1v) is 5.69. The Kier molecular flexibility index (Phi) is 3.22. The average molecular weight is 227 g/mol. The average Bonchev–Trinajstić information content (AvgIpc) is 2.30. The Morgan fingerprint density at radius 2 is 2.07 bits per heavy atom. The van der Waals surface area contributed by atoms with Gasteiger partial charge in [0.15, 0.2) is 5.82 Å². The van der Waals surface area contributed by atoms with Crippen molar-refractivity contribution < 1.29 is 4.74 Å². The summed E-state index contributed by atoms with van der Waals surface area (Å²) < 4.78 is 5.64. The Bertz CT molecular complexity index is 337. The van der Waals surface area contributed by atoms with Crippen molar-refractivity contribution >= 4 is 11.6 Å². The van der Waals surface area contributed by atoms with Crippen LogP contribution in [0.3, 0.4) is 0 Å². The molecule has 0 unspecified atom stereocenters. The number of hydrogen-bond acceptors (Lipinski definition) is 3. The largest absolute Gasteiger partial charge is 0.370 e. The highest BCUT2D eigenvalue weighted by atomic mass is 35.5. The lowest BCUT2D eigenvalue weighted by Gasteiger charge is -2.34. The molecule has 2 rings (SSSR count). The summed E-state index contributed by atoms with van der Waals surface area (Å²) in [5.41, 5.74) is -0.302. The highest BCUT2D eigenvalue weighted by Crippen LogP contribution is 2.38. The number of ether oxygens (including phenoxy) is 1. The predicted molar refractivity (Wildman–Crippen MR) is 58.8 cm³/mol. The summed E-state index contributed by atoms with van der Waals surface area (Å²) in [4.78, 5) is 8.55. The molecule has 0 aliphatic heterocycles. The van der Waals surface area contributed by atoms with Crippen LogP contribution < -0.4 is 0 Å². The van der Waals surface area contributed by atoms with E-state index in [1.165, 1.54) is 19.3 Å². The third kappa shape index (κ3) is 2.13. The number of hydrogen-bond donors (Lipinski definition) is 0. The van der Waals surface area contributed by atoms with Crippen molar-refractivity contribution in [2.75, 3.05) is 7.11 Å². The van der Waals surface area contributed by atoms with Crippen LogP contribution in [0.1, 0.15) is 37.9 Å². The molecule has 0 radical (unpaired) electrons. The second-order valence-electron chi connectivity index (χ2n) is 3.96. The molecular formula is C11H15ClN2O. The molecule has 0 N–H and O–H groups in total. The van der Waals surface area contributed by atoms with Crippen molar-refractivity contribution in [3.05, 3.63) is 23.2 Å². The van der Waals surface area contributed by atoms with Crippen molar-refractivity contribution in [2.45, 2.75) is 37.7 Å². The molecule has 0 saturated heterocycles. The van der Waals surface area contributed by atoms with Gasteiger partial charge in [-0.05, 0) is 18.9 Å². The van der Waals surface area contributed by atoms with Gasteiger partial charge >= 0.3 is 0 Å². The fraction of sp³-hybridized carbons (Fsp3) is 0.636. The Hall–Kier alpha value is -0.670. The lowest BCUT2D eigenvalue weighted by Crippen LogP contribution is -2.33. The molecule has 1 aliphatic carbocycles. The monoisotopic (exact) mass is 226 g/mol. The second-order valence-corrected chi connectivity index (χ2v) is 4.35. The zero-order valence-electron chi connectivity index (χ0n) is 8.87. The van der Waals surface area contributed by atoms with E-state index in [-0.39, 0.29) is 5.60 Å². The molecule has 1 aromatic heterocycles. The maximum Gasteiger partial charge on any atom is 0.161 e. The van der Waals surface area contributed by atoms with Gasteiger partial charge in [-0.25, -0.2) is 9.97 Å². The van der Waals surface area contributed by atoms with Crippen molar-refractivity contribution in [1.82, 2.24) is 9.97 Å². The standard InChI is InChI=1S/C11H15ClN2O/c1-15-11(6-3-2-4-7-11)10-13-8-5-9(12)14-10/h5,8H,2-4,6-7H2,1H3. The number of rotatable bonds is 2. The SMILES string of the molecule is COC1(c2nccc(Cl)n2)CCCCC1. The van der Waals surface area contributed by atoms with Gasteiger partial charge in [-0.3, -0.25) is 0 Å². The molecule has 1 aliphatic rings. The highest BCUT2D eigenvalue weighted by molar-refractivity contribution is 6.29. The van der Waals surface area contributed by atoms with Crippen molar-refractivity contribution in [3.63, 3.8) is 0 Å². The maximum atomic E-state index is 5.88. The van der Waals surface area contributed by atoms with Crippen LogP contribution in [-0.4, -0.2) is 17.1 Å². The van der Waals surface area contributed by atoms with E-state index >= 15 is 0 Å². The molecule has 4 heteroatoms. The minimum Gasteiger partial charge on any atom is -0.370 e. The van der Waals surface area contributed by atoms with Crippen LogP contribution in [0.5, 0.6) is 0 Å². The number of nitrogens with zero attached hydrogens (tertiary/aromatic N) is 2. The summed E-state index contributed by atoms with van der Waals surface area (Å²) in [5.74, 6) is 0.734. The molecular weight excluding hydrogens is 212 g/mol. The zero-order chi connectivity index (χ0) is 10.7. The van der Waals surface area contributed by atoms with E-state index in [4.69, 9.17) is 16.3 Å². The molecule has 1 fully saturated rings. The van der Waals surface area contributed by atoms with E-state index < -0.39 is 0 Å². The van der Waals surface area contributed by atoms with Crippen LogP contribution in [0.15, 0.2) is 12.3 Å². The number of aromatic nitrogens is 2. The lowest BCUT2D eigenvalue weighted by molar-refractivity contribution is -0.0515. The van der Waals surface area contributed by atoms with Gasteiger partial charge in [0.1, 0.15) is 10.8 Å². The van der Waals surface area contributed by atoms with Gasteiger partial charge in [0, 0.05) is 13.3 Å². The Morgan fingerprint density at radius 1 is 1.33 bits per heavy atom. The fourth-order valence-electron chi connectivity index (χ4n) is 2.20. The minimum atomic E-state index is -0.302. The second kappa shape index (κ2) is 4.45. The van der Waals surface area contributed by atoms with E-state index in [2.05, 4.69) is 9.97 Å². The van der Waals surface area contributed by atoms with Crippen molar-refractivity contribution in [3.8, 4) is 0 Å². The minimum absolute atomic E-state index is 0.302. The van der Waals surface area contributed by atoms with Gasteiger partial charge in [0.25, 0.3) is 0 Å². The Morgan fingerprint density at radius 3 is 2.67 bits per heavy atom. The first kappa shape index (κ1) is 10.8. The normalized spacial score (nSPS) is 20.1. The molecule has 0 aromatic carbocycles. The summed E-state index contributed by atoms with van der Waals surface area (Å²) in [6, 6.07) is 1.69. The Balaban J connectivity index is 2.32. The van der Waals surface area contributed by atoms with Crippen LogP contribution in [0, 0.1) is 0 Å². The van der Waals surface area contributed by atoms with E-state index in [0.717, 1.165) is 18.7 Å². The van der Waals surface area contributed by atoms with Gasteiger partial charge in [0.05, 0.1) is 0 Å². The van der Waals surface area contributed by atoms with Crippen molar-refractivity contribution in [1.29, 1.82) is 0 Å². The molecule has 3 nitrogen and oxygen atoms in total. The summed E-state index contributed by atoms with van der Waals surface area (Å²) in [6.07, 6.45) is 7.28. The van der Waals surface area contributed by atoms with E-state index in [1.807, 2.05) is 0 Å². The van der Waals surface area contributed by atoms with Crippen LogP contribution >= 0.6 is 11.6 Å². The summed E-state index contributed by atoms with van der Waals surface area (Å²) in [5, 5.41) is 0.488. The topological polar surface area (TPSA) is 35.0 Å². The van der Waals surface area contributed by atoms with Gasteiger partial charge in [-0.1, -0.05) is 30.9 Å². The maximum absolute atomic E-state index is 5.88. The molecule has 15 heavy (non-hydrogen) atoms. The molecule has 82 valence electrons. The molecule has 0 atom stereocenters. The quantitative estimate of drug-likeness (QED) is 0.728. The molecule has 1 aromatic rings. The fourth-order valence-corrected chi connectivity index (χ4v) is 2.33. The third-order valence-corrected chi connectivity index (χ3v) is 3.29. The molecule has 1 heterocycles. The van der Waals surface area contributed by atoms with Gasteiger partial charge in [0.2, 0.25) is 0 Å². The summed E-state index contributed by atoms with van der Waals surface area (Å²) in [7, 11) is 1.73. The Labute approximate surface area is 94.8 Å². The van der Waals surface area contributed by atoms with Gasteiger partial charge < -0.3 is 4.74 Å².